The quantitative estimate of drug-likeness (QED) is 0.284. The van der Waals surface area contributed by atoms with Crippen molar-refractivity contribution in [3.05, 3.63) is 87.4 Å². The van der Waals surface area contributed by atoms with Crippen LogP contribution >= 0.6 is 11.3 Å². The maximum atomic E-state index is 13.3. The van der Waals surface area contributed by atoms with Gasteiger partial charge in [-0.25, -0.2) is 4.98 Å². The SMILES string of the molecule is Cc1csc(CN(C)C(=O)c2cccc(C(=O)NC(Cc3ccccc3)C(O)CNCCN3CCCC3)c2)n1. The van der Waals surface area contributed by atoms with Gasteiger partial charge in [-0.2, -0.15) is 0 Å². The number of rotatable bonds is 13. The summed E-state index contributed by atoms with van der Waals surface area (Å²) >= 11 is 1.52. The van der Waals surface area contributed by atoms with Crippen LogP contribution in [0.5, 0.6) is 0 Å². The molecule has 1 aliphatic heterocycles. The van der Waals surface area contributed by atoms with Crippen molar-refractivity contribution in [3.63, 3.8) is 0 Å². The lowest BCUT2D eigenvalue weighted by Gasteiger charge is -2.25. The standard InChI is InChI=1S/C30H39N5O3S/c1-22-21-39-28(32-22)20-34(2)30(38)25-12-8-11-24(18-25)29(37)33-26(17-23-9-4-3-5-10-23)27(36)19-31-13-16-35-14-6-7-15-35/h3-5,8-12,18,21,26-27,31,36H,6-7,13-17,19-20H2,1-2H3,(H,33,37). The Balaban J connectivity index is 1.38. The Bertz CT molecular complexity index is 1210. The smallest absolute Gasteiger partial charge is 0.253 e. The van der Waals surface area contributed by atoms with Gasteiger partial charge in [0.05, 0.1) is 18.7 Å². The van der Waals surface area contributed by atoms with Gasteiger partial charge in [0.1, 0.15) is 5.01 Å². The van der Waals surface area contributed by atoms with Crippen molar-refractivity contribution in [1.82, 2.24) is 25.4 Å². The number of carbonyl (C=O) groups is 2. The molecule has 2 unspecified atom stereocenters. The van der Waals surface area contributed by atoms with Crippen LogP contribution in [0.1, 0.15) is 49.8 Å². The molecule has 3 aromatic rings. The zero-order valence-electron chi connectivity index (χ0n) is 22.8. The van der Waals surface area contributed by atoms with Crippen LogP contribution in [0.2, 0.25) is 0 Å². The van der Waals surface area contributed by atoms with Gasteiger partial charge in [-0.3, -0.25) is 9.59 Å². The highest BCUT2D eigenvalue weighted by Gasteiger charge is 2.23. The van der Waals surface area contributed by atoms with Crippen LogP contribution in [-0.4, -0.2) is 83.6 Å². The van der Waals surface area contributed by atoms with Gasteiger partial charge < -0.3 is 25.5 Å². The molecular formula is C30H39N5O3S. The second-order valence-electron chi connectivity index (χ2n) is 10.2. The van der Waals surface area contributed by atoms with E-state index in [1.807, 2.05) is 42.6 Å². The third kappa shape index (κ3) is 8.69. The number of amides is 2. The Kier molecular flexibility index (Phi) is 10.6. The Morgan fingerprint density at radius 1 is 1.10 bits per heavy atom. The number of nitrogens with zero attached hydrogens (tertiary/aromatic N) is 3. The average molecular weight is 550 g/mol. The molecule has 1 aromatic heterocycles. The summed E-state index contributed by atoms with van der Waals surface area (Å²) in [5, 5.41) is 20.3. The van der Waals surface area contributed by atoms with E-state index in [2.05, 4.69) is 20.5 Å². The molecule has 0 spiro atoms. The van der Waals surface area contributed by atoms with Crippen LogP contribution in [-0.2, 0) is 13.0 Å². The molecule has 1 saturated heterocycles. The zero-order valence-corrected chi connectivity index (χ0v) is 23.6. The summed E-state index contributed by atoms with van der Waals surface area (Å²) in [5.74, 6) is -0.500. The van der Waals surface area contributed by atoms with E-state index in [0.717, 1.165) is 42.4 Å². The highest BCUT2D eigenvalue weighted by Crippen LogP contribution is 2.15. The van der Waals surface area contributed by atoms with E-state index in [1.54, 1.807) is 36.2 Å². The number of hydrogen-bond acceptors (Lipinski definition) is 7. The van der Waals surface area contributed by atoms with Crippen molar-refractivity contribution in [3.8, 4) is 0 Å². The number of likely N-dealkylation sites (tertiary alicyclic amines) is 1. The second kappa shape index (κ2) is 14.3. The van der Waals surface area contributed by atoms with Gasteiger partial charge in [0.15, 0.2) is 0 Å². The fourth-order valence-corrected chi connectivity index (χ4v) is 5.63. The van der Waals surface area contributed by atoms with Crippen LogP contribution in [0.25, 0.3) is 0 Å². The van der Waals surface area contributed by atoms with Crippen molar-refractivity contribution in [2.24, 2.45) is 0 Å². The Hall–Kier alpha value is -3.11. The number of aromatic nitrogens is 1. The average Bonchev–Trinajstić information content (AvgIpc) is 3.62. The normalized spacial score (nSPS) is 15.2. The molecule has 1 aliphatic rings. The largest absolute Gasteiger partial charge is 0.390 e. The molecule has 9 heteroatoms. The van der Waals surface area contributed by atoms with Gasteiger partial charge in [-0.15, -0.1) is 11.3 Å². The molecule has 39 heavy (non-hydrogen) atoms. The minimum Gasteiger partial charge on any atom is -0.390 e. The minimum absolute atomic E-state index is 0.180. The van der Waals surface area contributed by atoms with Gasteiger partial charge in [0, 0.05) is 48.9 Å². The maximum Gasteiger partial charge on any atom is 0.253 e. The molecule has 1 fully saturated rings. The highest BCUT2D eigenvalue weighted by atomic mass is 32.1. The summed E-state index contributed by atoms with van der Waals surface area (Å²) in [6, 6.07) is 16.1. The van der Waals surface area contributed by atoms with Gasteiger partial charge in [0.2, 0.25) is 0 Å². The van der Waals surface area contributed by atoms with Gasteiger partial charge in [-0.05, 0) is 63.0 Å². The molecule has 208 valence electrons. The third-order valence-electron chi connectivity index (χ3n) is 6.99. The fourth-order valence-electron chi connectivity index (χ4n) is 4.80. The molecule has 2 amide bonds. The van der Waals surface area contributed by atoms with Crippen molar-refractivity contribution in [2.75, 3.05) is 39.8 Å². The van der Waals surface area contributed by atoms with Crippen molar-refractivity contribution >= 4 is 23.2 Å². The van der Waals surface area contributed by atoms with E-state index in [1.165, 1.54) is 24.2 Å². The summed E-state index contributed by atoms with van der Waals surface area (Å²) in [5.41, 5.74) is 2.78. The second-order valence-corrected chi connectivity index (χ2v) is 11.2. The number of nitrogens with one attached hydrogen (secondary N) is 2. The molecule has 0 saturated carbocycles. The summed E-state index contributed by atoms with van der Waals surface area (Å²) in [7, 11) is 1.73. The molecule has 8 nitrogen and oxygen atoms in total. The number of aryl methyl sites for hydroxylation is 1. The summed E-state index contributed by atoms with van der Waals surface area (Å²) in [4.78, 5) is 34.8. The first kappa shape index (κ1) is 28.9. The number of thiazole rings is 1. The molecule has 4 rings (SSSR count). The predicted octanol–water partition coefficient (Wildman–Crippen LogP) is 3.11. The van der Waals surface area contributed by atoms with E-state index in [9.17, 15) is 14.7 Å². The van der Waals surface area contributed by atoms with Crippen LogP contribution in [0.3, 0.4) is 0 Å². The lowest BCUT2D eigenvalue weighted by atomic mass is 10.00. The van der Waals surface area contributed by atoms with Crippen LogP contribution in [0.4, 0.5) is 0 Å². The number of hydrogen-bond donors (Lipinski definition) is 3. The minimum atomic E-state index is -0.773. The Morgan fingerprint density at radius 3 is 2.56 bits per heavy atom. The van der Waals surface area contributed by atoms with Crippen LogP contribution in [0.15, 0.2) is 60.0 Å². The van der Waals surface area contributed by atoms with E-state index < -0.39 is 12.1 Å². The van der Waals surface area contributed by atoms with Gasteiger partial charge in [0.25, 0.3) is 11.8 Å². The third-order valence-corrected chi connectivity index (χ3v) is 7.95. The van der Waals surface area contributed by atoms with Gasteiger partial charge >= 0.3 is 0 Å². The first-order chi connectivity index (χ1) is 18.9. The topological polar surface area (TPSA) is 97.8 Å². The monoisotopic (exact) mass is 549 g/mol. The predicted molar refractivity (Wildman–Crippen MR) is 155 cm³/mol. The zero-order chi connectivity index (χ0) is 27.6. The maximum absolute atomic E-state index is 13.3. The molecule has 3 N–H and O–H groups in total. The van der Waals surface area contributed by atoms with Crippen LogP contribution < -0.4 is 10.6 Å². The number of aliphatic hydroxyl groups excluding tert-OH is 1. The van der Waals surface area contributed by atoms with E-state index in [4.69, 9.17) is 0 Å². The van der Waals surface area contributed by atoms with E-state index >= 15 is 0 Å². The van der Waals surface area contributed by atoms with Crippen LogP contribution in [0, 0.1) is 6.92 Å². The highest BCUT2D eigenvalue weighted by molar-refractivity contribution is 7.09. The lowest BCUT2D eigenvalue weighted by molar-refractivity contribution is 0.0784. The molecule has 0 radical (unpaired) electrons. The number of carbonyl (C=O) groups excluding carboxylic acids is 2. The molecule has 2 aromatic carbocycles. The summed E-state index contributed by atoms with van der Waals surface area (Å²) < 4.78 is 0. The molecule has 0 aliphatic carbocycles. The molecular weight excluding hydrogens is 510 g/mol. The summed E-state index contributed by atoms with van der Waals surface area (Å²) in [6.07, 6.45) is 2.23. The molecule has 2 heterocycles. The lowest BCUT2D eigenvalue weighted by Crippen LogP contribution is -2.49. The van der Waals surface area contributed by atoms with Gasteiger partial charge in [-0.1, -0.05) is 36.4 Å². The van der Waals surface area contributed by atoms with Crippen molar-refractivity contribution in [2.45, 2.75) is 44.9 Å². The first-order valence-corrected chi connectivity index (χ1v) is 14.5. The number of aliphatic hydroxyl groups is 1. The Morgan fingerprint density at radius 2 is 1.85 bits per heavy atom. The Labute approximate surface area is 235 Å². The first-order valence-electron chi connectivity index (χ1n) is 13.6. The molecule has 0 bridgehead atoms. The van der Waals surface area contributed by atoms with E-state index in [0.29, 0.717) is 30.6 Å². The fraction of sp³-hybridized carbons (Fsp3) is 0.433. The summed E-state index contributed by atoms with van der Waals surface area (Å²) in [6.45, 7) is 6.74. The number of benzene rings is 2. The van der Waals surface area contributed by atoms with Crippen molar-refractivity contribution < 1.29 is 14.7 Å². The van der Waals surface area contributed by atoms with E-state index in [-0.39, 0.29) is 11.8 Å². The van der Waals surface area contributed by atoms with Crippen molar-refractivity contribution in [1.29, 1.82) is 0 Å². The molecule has 2 atom stereocenters.